The molecule has 0 unspecified atom stereocenters. The maximum absolute atomic E-state index is 14.6. The maximum Gasteiger partial charge on any atom is 0.260 e. The molecule has 0 spiro atoms. The largest absolute Gasteiger partial charge is 0.352 e. The highest BCUT2D eigenvalue weighted by molar-refractivity contribution is 7.89. The van der Waals surface area contributed by atoms with Crippen molar-refractivity contribution in [2.24, 2.45) is 5.92 Å². The Labute approximate surface area is 203 Å². The predicted molar refractivity (Wildman–Crippen MR) is 128 cm³/mol. The lowest BCUT2D eigenvalue weighted by atomic mass is 9.70. The number of halogens is 3. The number of H-pyrrole nitrogens is 2. The Morgan fingerprint density at radius 1 is 1.00 bits per heavy atom. The molecule has 6 rings (SSSR count). The van der Waals surface area contributed by atoms with Crippen molar-refractivity contribution in [3.05, 3.63) is 77.7 Å². The van der Waals surface area contributed by atoms with Crippen LogP contribution in [0.5, 0.6) is 0 Å². The van der Waals surface area contributed by atoms with E-state index in [1.807, 2.05) is 0 Å². The lowest BCUT2D eigenvalue weighted by molar-refractivity contribution is 0.267. The van der Waals surface area contributed by atoms with Gasteiger partial charge in [-0.3, -0.25) is 5.10 Å². The normalized spacial score (nSPS) is 18.1. The fraction of sp³-hybridized carbons (Fsp3) is 0.200. The van der Waals surface area contributed by atoms with Gasteiger partial charge in [0.15, 0.2) is 5.65 Å². The first-order valence-electron chi connectivity index (χ1n) is 11.4. The summed E-state index contributed by atoms with van der Waals surface area (Å²) in [7, 11) is -3.86. The average Bonchev–Trinajstić information content (AvgIpc) is 3.41. The summed E-state index contributed by atoms with van der Waals surface area (Å²) in [6.45, 7) is 0.199. The Bertz CT molecular complexity index is 1710. The van der Waals surface area contributed by atoms with Crippen molar-refractivity contribution in [3.63, 3.8) is 0 Å². The summed E-state index contributed by atoms with van der Waals surface area (Å²) in [6.07, 6.45) is 2.77. The molecule has 3 heterocycles. The van der Waals surface area contributed by atoms with Gasteiger partial charge in [-0.15, -0.1) is 0 Å². The third-order valence-electron chi connectivity index (χ3n) is 6.76. The van der Waals surface area contributed by atoms with Crippen molar-refractivity contribution >= 4 is 32.0 Å². The molecule has 11 heteroatoms. The molecule has 0 bridgehead atoms. The van der Waals surface area contributed by atoms with Crippen LogP contribution >= 0.6 is 0 Å². The summed E-state index contributed by atoms with van der Waals surface area (Å²) in [5.74, 6) is -1.81. The second-order valence-electron chi connectivity index (χ2n) is 9.05. The Morgan fingerprint density at radius 2 is 1.78 bits per heavy atom. The molecule has 0 amide bonds. The number of aromatic amines is 2. The number of fused-ring (bicyclic) bond motifs is 2. The van der Waals surface area contributed by atoms with Crippen LogP contribution in [0.4, 0.5) is 13.2 Å². The summed E-state index contributed by atoms with van der Waals surface area (Å²) < 4.78 is 70.5. The number of sulfonamides is 1. The SMILES string of the molecule is O=S(=O)(NC[C@H]1C[C@H](c2c(-c3ccc(F)cc3)[nH]c3c(F)cc(F)cc32)C1)c1n[nH]c2ncccc12. The van der Waals surface area contributed by atoms with E-state index in [0.717, 1.165) is 11.6 Å². The van der Waals surface area contributed by atoms with Crippen LogP contribution < -0.4 is 4.72 Å². The predicted octanol–water partition coefficient (Wildman–Crippen LogP) is 5.00. The van der Waals surface area contributed by atoms with E-state index in [1.165, 1.54) is 18.2 Å². The maximum atomic E-state index is 14.6. The molecule has 0 atom stereocenters. The van der Waals surface area contributed by atoms with Crippen LogP contribution in [0.2, 0.25) is 0 Å². The molecule has 2 aromatic carbocycles. The first kappa shape index (κ1) is 22.7. The number of hydrogen-bond donors (Lipinski definition) is 3. The number of hydrogen-bond acceptors (Lipinski definition) is 4. The fourth-order valence-electron chi connectivity index (χ4n) is 4.98. The first-order valence-corrected chi connectivity index (χ1v) is 12.8. The molecule has 1 aliphatic rings. The third-order valence-corrected chi connectivity index (χ3v) is 8.13. The van der Waals surface area contributed by atoms with Gasteiger partial charge in [-0.05, 0) is 78.3 Å². The Hall–Kier alpha value is -3.70. The Balaban J connectivity index is 1.25. The van der Waals surface area contributed by atoms with Gasteiger partial charge in [0, 0.05) is 24.2 Å². The van der Waals surface area contributed by atoms with Crippen LogP contribution in [0.25, 0.3) is 33.2 Å². The number of rotatable bonds is 6. The van der Waals surface area contributed by atoms with Gasteiger partial charge in [-0.2, -0.15) is 5.10 Å². The molecule has 1 aliphatic carbocycles. The van der Waals surface area contributed by atoms with E-state index in [9.17, 15) is 21.6 Å². The van der Waals surface area contributed by atoms with Crippen LogP contribution in [-0.2, 0) is 10.0 Å². The van der Waals surface area contributed by atoms with E-state index in [-0.39, 0.29) is 28.9 Å². The molecule has 1 fully saturated rings. The number of pyridine rings is 1. The lowest BCUT2D eigenvalue weighted by Crippen LogP contribution is -2.35. The standard InChI is InChI=1S/C25H20F3N5O2S/c26-16-5-3-14(4-6-16)22-21(19-10-17(27)11-20(28)23(19)31-22)15-8-13(9-15)12-30-36(34,35)25-18-2-1-7-29-24(18)32-33-25/h1-7,10-11,13,15,30-31H,8-9,12H2,(H,29,32,33)/t13-,15-. The van der Waals surface area contributed by atoms with Crippen LogP contribution in [0, 0.1) is 23.4 Å². The Morgan fingerprint density at radius 3 is 2.56 bits per heavy atom. The highest BCUT2D eigenvalue weighted by Gasteiger charge is 2.35. The van der Waals surface area contributed by atoms with Crippen molar-refractivity contribution in [2.45, 2.75) is 23.8 Å². The zero-order chi connectivity index (χ0) is 25.0. The van der Waals surface area contributed by atoms with E-state index in [2.05, 4.69) is 24.9 Å². The zero-order valence-electron chi connectivity index (χ0n) is 18.7. The summed E-state index contributed by atoms with van der Waals surface area (Å²) in [5.41, 5.74) is 2.58. The van der Waals surface area contributed by atoms with Crippen LogP contribution in [0.3, 0.4) is 0 Å². The fourth-order valence-corrected chi connectivity index (χ4v) is 6.19. The Kier molecular flexibility index (Phi) is 5.34. The molecule has 1 saturated carbocycles. The zero-order valence-corrected chi connectivity index (χ0v) is 19.5. The van der Waals surface area contributed by atoms with Crippen molar-refractivity contribution in [3.8, 4) is 11.3 Å². The van der Waals surface area contributed by atoms with Gasteiger partial charge >= 0.3 is 0 Å². The van der Waals surface area contributed by atoms with Gasteiger partial charge < -0.3 is 4.98 Å². The van der Waals surface area contributed by atoms with Crippen molar-refractivity contribution in [2.75, 3.05) is 6.54 Å². The third kappa shape index (κ3) is 3.84. The van der Waals surface area contributed by atoms with Gasteiger partial charge in [-0.1, -0.05) is 0 Å². The van der Waals surface area contributed by atoms with Crippen LogP contribution in [-0.4, -0.2) is 35.1 Å². The monoisotopic (exact) mass is 511 g/mol. The second-order valence-corrected chi connectivity index (χ2v) is 10.7. The molecule has 5 aromatic rings. The van der Waals surface area contributed by atoms with Gasteiger partial charge in [0.25, 0.3) is 10.0 Å². The van der Waals surface area contributed by atoms with Gasteiger partial charge in [-0.25, -0.2) is 31.3 Å². The van der Waals surface area contributed by atoms with E-state index in [1.54, 1.807) is 30.5 Å². The molecule has 0 radical (unpaired) electrons. The summed E-state index contributed by atoms with van der Waals surface area (Å²) in [4.78, 5) is 7.12. The highest BCUT2D eigenvalue weighted by atomic mass is 32.2. The minimum Gasteiger partial charge on any atom is -0.352 e. The smallest absolute Gasteiger partial charge is 0.260 e. The van der Waals surface area contributed by atoms with E-state index in [0.29, 0.717) is 40.5 Å². The summed E-state index contributed by atoms with van der Waals surface area (Å²) >= 11 is 0. The topological polar surface area (TPSA) is 104 Å². The number of nitrogens with zero attached hydrogens (tertiary/aromatic N) is 2. The molecular formula is C25H20F3N5O2S. The summed E-state index contributed by atoms with van der Waals surface area (Å²) in [5, 5.41) is 7.26. The van der Waals surface area contributed by atoms with Gasteiger partial charge in [0.2, 0.25) is 5.03 Å². The number of aromatic nitrogens is 4. The lowest BCUT2D eigenvalue weighted by Gasteiger charge is -2.36. The van der Waals surface area contributed by atoms with E-state index < -0.39 is 27.5 Å². The van der Waals surface area contributed by atoms with Crippen LogP contribution in [0.15, 0.2) is 59.8 Å². The molecule has 0 saturated heterocycles. The molecule has 36 heavy (non-hydrogen) atoms. The molecule has 3 N–H and O–H groups in total. The van der Waals surface area contributed by atoms with Gasteiger partial charge in [0.1, 0.15) is 17.5 Å². The molecule has 7 nitrogen and oxygen atoms in total. The van der Waals surface area contributed by atoms with Crippen molar-refractivity contribution in [1.29, 1.82) is 0 Å². The minimum absolute atomic E-state index is 0.0255. The van der Waals surface area contributed by atoms with E-state index in [4.69, 9.17) is 0 Å². The van der Waals surface area contributed by atoms with Crippen molar-refractivity contribution in [1.82, 2.24) is 24.9 Å². The quantitative estimate of drug-likeness (QED) is 0.299. The molecule has 184 valence electrons. The number of benzene rings is 2. The molecule has 3 aromatic heterocycles. The number of nitrogens with one attached hydrogen (secondary N) is 3. The van der Waals surface area contributed by atoms with Gasteiger partial charge in [0.05, 0.1) is 16.6 Å². The minimum atomic E-state index is -3.86. The molecular weight excluding hydrogens is 491 g/mol. The molecule has 0 aliphatic heterocycles. The van der Waals surface area contributed by atoms with E-state index >= 15 is 0 Å². The summed E-state index contributed by atoms with van der Waals surface area (Å²) in [6, 6.07) is 11.2. The highest BCUT2D eigenvalue weighted by Crippen LogP contribution is 2.48. The van der Waals surface area contributed by atoms with Crippen LogP contribution in [0.1, 0.15) is 24.3 Å². The average molecular weight is 512 g/mol. The van der Waals surface area contributed by atoms with Crippen molar-refractivity contribution < 1.29 is 21.6 Å². The first-order chi connectivity index (χ1) is 17.3. The second kappa shape index (κ2) is 8.45.